The maximum Gasteiger partial charge on any atom is 0.000451 e. The van der Waals surface area contributed by atoms with Gasteiger partial charge in [0.25, 0.3) is 0 Å². The van der Waals surface area contributed by atoms with Crippen LogP contribution in [0.3, 0.4) is 0 Å². The lowest BCUT2D eigenvalue weighted by atomic mass is 9.96. The van der Waals surface area contributed by atoms with Gasteiger partial charge in [-0.1, -0.05) is 6.92 Å². The minimum Gasteiger partial charge on any atom is -0.317 e. The van der Waals surface area contributed by atoms with Crippen LogP contribution in [0.2, 0.25) is 0 Å². The number of piperidine rings is 1. The van der Waals surface area contributed by atoms with Crippen molar-refractivity contribution in [2.75, 3.05) is 53.4 Å². The second-order valence-corrected chi connectivity index (χ2v) is 5.25. The molecule has 3 nitrogen and oxygen atoms in total. The quantitative estimate of drug-likeness (QED) is 0.661. The zero-order valence-electron chi connectivity index (χ0n) is 11.3. The van der Waals surface area contributed by atoms with Crippen molar-refractivity contribution in [3.8, 4) is 0 Å². The molecule has 3 heteroatoms. The molecule has 0 aromatic heterocycles. The van der Waals surface area contributed by atoms with Crippen LogP contribution in [-0.2, 0) is 0 Å². The lowest BCUT2D eigenvalue weighted by Crippen LogP contribution is -2.38. The predicted octanol–water partition coefficient (Wildman–Crippen LogP) is 1.26. The molecule has 1 N–H and O–H groups in total. The van der Waals surface area contributed by atoms with Crippen LogP contribution < -0.4 is 5.32 Å². The summed E-state index contributed by atoms with van der Waals surface area (Å²) in [6.45, 7) is 9.62. The Kier molecular flexibility index (Phi) is 7.01. The Hall–Kier alpha value is -0.120. The van der Waals surface area contributed by atoms with Gasteiger partial charge >= 0.3 is 0 Å². The summed E-state index contributed by atoms with van der Waals surface area (Å²) in [5.41, 5.74) is 0. The van der Waals surface area contributed by atoms with Crippen molar-refractivity contribution < 1.29 is 0 Å². The summed E-state index contributed by atoms with van der Waals surface area (Å²) in [6.07, 6.45) is 4.07. The minimum absolute atomic E-state index is 0.931. The summed E-state index contributed by atoms with van der Waals surface area (Å²) >= 11 is 0. The van der Waals surface area contributed by atoms with E-state index < -0.39 is 0 Å². The molecule has 0 aromatic carbocycles. The third-order valence-corrected chi connectivity index (χ3v) is 3.41. The molecule has 0 saturated carbocycles. The Balaban J connectivity index is 2.03. The molecule has 16 heavy (non-hydrogen) atoms. The fourth-order valence-electron chi connectivity index (χ4n) is 2.51. The molecule has 1 aliphatic heterocycles. The van der Waals surface area contributed by atoms with Crippen molar-refractivity contribution in [1.29, 1.82) is 0 Å². The first-order valence-electron chi connectivity index (χ1n) is 6.80. The Morgan fingerprint density at radius 3 is 2.50 bits per heavy atom. The maximum atomic E-state index is 3.39. The van der Waals surface area contributed by atoms with Crippen LogP contribution in [0.5, 0.6) is 0 Å². The molecule has 1 saturated heterocycles. The van der Waals surface area contributed by atoms with Gasteiger partial charge in [-0.25, -0.2) is 0 Å². The highest BCUT2D eigenvalue weighted by Crippen LogP contribution is 2.17. The molecule has 0 bridgehead atoms. The zero-order valence-corrected chi connectivity index (χ0v) is 11.3. The van der Waals surface area contributed by atoms with Gasteiger partial charge in [0.2, 0.25) is 0 Å². The van der Waals surface area contributed by atoms with E-state index in [2.05, 4.69) is 36.1 Å². The van der Waals surface area contributed by atoms with E-state index >= 15 is 0 Å². The van der Waals surface area contributed by atoms with Crippen molar-refractivity contribution in [3.05, 3.63) is 0 Å². The number of nitrogens with one attached hydrogen (secondary N) is 1. The largest absolute Gasteiger partial charge is 0.317 e. The second-order valence-electron chi connectivity index (χ2n) is 5.25. The van der Waals surface area contributed by atoms with Gasteiger partial charge in [-0.2, -0.15) is 0 Å². The van der Waals surface area contributed by atoms with E-state index in [9.17, 15) is 0 Å². The Morgan fingerprint density at radius 2 is 1.94 bits per heavy atom. The molecule has 0 amide bonds. The first-order valence-corrected chi connectivity index (χ1v) is 6.80. The van der Waals surface area contributed by atoms with Crippen LogP contribution in [-0.4, -0.2) is 63.2 Å². The minimum atomic E-state index is 0.931. The molecule has 0 aliphatic carbocycles. The third kappa shape index (κ3) is 5.83. The average Bonchev–Trinajstić information content (AvgIpc) is 2.26. The highest BCUT2D eigenvalue weighted by atomic mass is 15.1. The van der Waals surface area contributed by atoms with E-state index in [1.807, 2.05) is 0 Å². The number of hydrogen-bond acceptors (Lipinski definition) is 3. The molecule has 0 spiro atoms. The first-order chi connectivity index (χ1) is 7.72. The van der Waals surface area contributed by atoms with Crippen LogP contribution in [0.4, 0.5) is 0 Å². The molecule has 1 aliphatic rings. The highest BCUT2D eigenvalue weighted by molar-refractivity contribution is 4.73. The zero-order chi connectivity index (χ0) is 11.8. The van der Waals surface area contributed by atoms with Gasteiger partial charge in [-0.15, -0.1) is 0 Å². The van der Waals surface area contributed by atoms with Crippen LogP contribution >= 0.6 is 0 Å². The summed E-state index contributed by atoms with van der Waals surface area (Å²) in [6, 6.07) is 0. The summed E-state index contributed by atoms with van der Waals surface area (Å²) in [5, 5.41) is 3.39. The van der Waals surface area contributed by atoms with E-state index in [0.29, 0.717) is 0 Å². The molecule has 96 valence electrons. The smallest absolute Gasteiger partial charge is 0.000451 e. The van der Waals surface area contributed by atoms with Gasteiger partial charge in [0, 0.05) is 6.54 Å². The van der Waals surface area contributed by atoms with Crippen molar-refractivity contribution >= 4 is 0 Å². The van der Waals surface area contributed by atoms with Gasteiger partial charge in [0.15, 0.2) is 0 Å². The average molecular weight is 227 g/mol. The SMILES string of the molecule is CCNCCCN1CCC(CN(C)C)CC1. The monoisotopic (exact) mass is 227 g/mol. The lowest BCUT2D eigenvalue weighted by Gasteiger charge is -2.33. The molecule has 0 aromatic rings. The normalized spacial score (nSPS) is 19.5. The van der Waals surface area contributed by atoms with Crippen molar-refractivity contribution in [2.24, 2.45) is 5.92 Å². The topological polar surface area (TPSA) is 18.5 Å². The van der Waals surface area contributed by atoms with E-state index in [1.165, 1.54) is 52.0 Å². The van der Waals surface area contributed by atoms with Gasteiger partial charge in [0.1, 0.15) is 0 Å². The molecule has 1 rings (SSSR count). The van der Waals surface area contributed by atoms with E-state index in [0.717, 1.165) is 12.5 Å². The number of rotatable bonds is 7. The van der Waals surface area contributed by atoms with Gasteiger partial charge in [-0.3, -0.25) is 0 Å². The van der Waals surface area contributed by atoms with Crippen molar-refractivity contribution in [2.45, 2.75) is 26.2 Å². The second kappa shape index (κ2) is 8.04. The standard InChI is InChI=1S/C13H29N3/c1-4-14-8-5-9-16-10-6-13(7-11-16)12-15(2)3/h13-14H,4-12H2,1-3H3. The lowest BCUT2D eigenvalue weighted by molar-refractivity contribution is 0.161. The molecule has 0 unspecified atom stereocenters. The number of likely N-dealkylation sites (tertiary alicyclic amines) is 1. The van der Waals surface area contributed by atoms with Crippen LogP contribution in [0.25, 0.3) is 0 Å². The van der Waals surface area contributed by atoms with E-state index in [4.69, 9.17) is 0 Å². The van der Waals surface area contributed by atoms with E-state index in [-0.39, 0.29) is 0 Å². The predicted molar refractivity (Wildman–Crippen MR) is 70.9 cm³/mol. The molecule has 0 radical (unpaired) electrons. The Labute approximate surface area is 101 Å². The van der Waals surface area contributed by atoms with E-state index in [1.54, 1.807) is 0 Å². The Morgan fingerprint density at radius 1 is 1.25 bits per heavy atom. The Bertz CT molecular complexity index is 163. The molecule has 0 atom stereocenters. The third-order valence-electron chi connectivity index (χ3n) is 3.41. The number of hydrogen-bond donors (Lipinski definition) is 1. The molecular weight excluding hydrogens is 198 g/mol. The first kappa shape index (κ1) is 13.9. The van der Waals surface area contributed by atoms with Crippen LogP contribution in [0.1, 0.15) is 26.2 Å². The fourth-order valence-corrected chi connectivity index (χ4v) is 2.51. The van der Waals surface area contributed by atoms with Crippen LogP contribution in [0, 0.1) is 5.92 Å². The van der Waals surface area contributed by atoms with Gasteiger partial charge < -0.3 is 15.1 Å². The maximum absolute atomic E-state index is 3.39. The molecule has 1 heterocycles. The van der Waals surface area contributed by atoms with Crippen molar-refractivity contribution in [3.63, 3.8) is 0 Å². The summed E-state index contributed by atoms with van der Waals surface area (Å²) in [4.78, 5) is 4.95. The fraction of sp³-hybridized carbons (Fsp3) is 1.00. The number of nitrogens with zero attached hydrogens (tertiary/aromatic N) is 2. The summed E-state index contributed by atoms with van der Waals surface area (Å²) in [7, 11) is 4.37. The highest BCUT2D eigenvalue weighted by Gasteiger charge is 2.18. The van der Waals surface area contributed by atoms with Gasteiger partial charge in [-0.05, 0) is 72.0 Å². The molecular formula is C13H29N3. The molecule has 1 fully saturated rings. The van der Waals surface area contributed by atoms with Gasteiger partial charge in [0.05, 0.1) is 0 Å². The van der Waals surface area contributed by atoms with Crippen LogP contribution in [0.15, 0.2) is 0 Å². The summed E-state index contributed by atoms with van der Waals surface area (Å²) in [5.74, 6) is 0.931. The van der Waals surface area contributed by atoms with Crippen molar-refractivity contribution in [1.82, 2.24) is 15.1 Å². The summed E-state index contributed by atoms with van der Waals surface area (Å²) < 4.78 is 0.